The Hall–Kier alpha value is -0.800. The molecule has 0 saturated carbocycles. The van der Waals surface area contributed by atoms with Crippen molar-refractivity contribution in [3.05, 3.63) is 24.0 Å². The number of allylic oxidation sites excluding steroid dienone is 1. The van der Waals surface area contributed by atoms with Crippen LogP contribution in [0.1, 0.15) is 6.92 Å². The Morgan fingerprint density at radius 1 is 1.80 bits per heavy atom. The first kappa shape index (κ1) is 7.31. The third-order valence-corrected chi connectivity index (χ3v) is 1.39. The van der Waals surface area contributed by atoms with Crippen molar-refractivity contribution in [2.45, 2.75) is 6.92 Å². The largest absolute Gasteiger partial charge is 0.477 e. The van der Waals surface area contributed by atoms with Crippen LogP contribution in [0.5, 0.6) is 0 Å². The Balaban J connectivity index is 2.61. The van der Waals surface area contributed by atoms with Gasteiger partial charge in [-0.25, -0.2) is 5.01 Å². The molecule has 0 amide bonds. The summed E-state index contributed by atoms with van der Waals surface area (Å²) in [6.45, 7) is 6.88. The molecule has 0 spiro atoms. The lowest BCUT2D eigenvalue weighted by Gasteiger charge is -2.26. The summed E-state index contributed by atoms with van der Waals surface area (Å²) < 4.78 is 5.21. The molecule has 10 heavy (non-hydrogen) atoms. The molecule has 0 radical (unpaired) electrons. The smallest absolute Gasteiger partial charge is 0.154 e. The molecule has 1 heterocycles. The van der Waals surface area contributed by atoms with Gasteiger partial charge in [0.05, 0.1) is 0 Å². The van der Waals surface area contributed by atoms with E-state index in [2.05, 4.69) is 6.58 Å². The minimum Gasteiger partial charge on any atom is -0.477 e. The molecule has 3 heteroatoms. The molecule has 1 aliphatic heterocycles. The Morgan fingerprint density at radius 2 is 2.50 bits per heavy atom. The topological polar surface area (TPSA) is 38.5 Å². The number of hydrogen-bond acceptors (Lipinski definition) is 3. The second kappa shape index (κ2) is 2.86. The molecule has 0 aliphatic carbocycles. The average molecular weight is 140 g/mol. The molecule has 1 rings (SSSR count). The maximum atomic E-state index is 5.46. The average Bonchev–Trinajstić information content (AvgIpc) is 1.88. The van der Waals surface area contributed by atoms with Gasteiger partial charge in [0.15, 0.2) is 6.73 Å². The van der Waals surface area contributed by atoms with Gasteiger partial charge in [-0.3, -0.25) is 5.84 Å². The summed E-state index contributed by atoms with van der Waals surface area (Å²) >= 11 is 0. The highest BCUT2D eigenvalue weighted by Gasteiger charge is 2.13. The summed E-state index contributed by atoms with van der Waals surface area (Å²) in [7, 11) is 0. The first-order valence-electron chi connectivity index (χ1n) is 3.21. The third-order valence-electron chi connectivity index (χ3n) is 1.39. The lowest BCUT2D eigenvalue weighted by molar-refractivity contribution is 0.0571. The number of hydrazine groups is 1. The van der Waals surface area contributed by atoms with Crippen molar-refractivity contribution in [3.8, 4) is 0 Å². The van der Waals surface area contributed by atoms with Crippen LogP contribution in [0.25, 0.3) is 0 Å². The number of rotatable bonds is 0. The SMILES string of the molecule is C=C1CN(N)CO/C1=C/C. The molecule has 1 fully saturated rings. The molecule has 0 aromatic carbocycles. The Kier molecular flexibility index (Phi) is 2.09. The van der Waals surface area contributed by atoms with E-state index < -0.39 is 0 Å². The lowest BCUT2D eigenvalue weighted by atomic mass is 10.2. The summed E-state index contributed by atoms with van der Waals surface area (Å²) in [5.74, 6) is 6.33. The van der Waals surface area contributed by atoms with E-state index in [-0.39, 0.29) is 0 Å². The Morgan fingerprint density at radius 3 is 3.00 bits per heavy atom. The van der Waals surface area contributed by atoms with Gasteiger partial charge in [0, 0.05) is 12.1 Å². The van der Waals surface area contributed by atoms with E-state index in [1.54, 1.807) is 5.01 Å². The third kappa shape index (κ3) is 1.37. The van der Waals surface area contributed by atoms with E-state index >= 15 is 0 Å². The van der Waals surface area contributed by atoms with Crippen LogP contribution in [0.2, 0.25) is 0 Å². The van der Waals surface area contributed by atoms with Gasteiger partial charge in [-0.15, -0.1) is 0 Å². The maximum Gasteiger partial charge on any atom is 0.154 e. The van der Waals surface area contributed by atoms with Crippen LogP contribution in [0, 0.1) is 0 Å². The predicted molar refractivity (Wildman–Crippen MR) is 39.7 cm³/mol. The van der Waals surface area contributed by atoms with Crippen LogP contribution in [0.4, 0.5) is 0 Å². The van der Waals surface area contributed by atoms with Crippen LogP contribution in [0.3, 0.4) is 0 Å². The van der Waals surface area contributed by atoms with E-state index in [4.69, 9.17) is 10.6 Å². The van der Waals surface area contributed by atoms with E-state index in [9.17, 15) is 0 Å². The molecule has 0 aromatic rings. The highest BCUT2D eigenvalue weighted by molar-refractivity contribution is 5.24. The molecule has 0 unspecified atom stereocenters. The first-order chi connectivity index (χ1) is 4.74. The van der Waals surface area contributed by atoms with Crippen molar-refractivity contribution >= 4 is 0 Å². The van der Waals surface area contributed by atoms with Gasteiger partial charge in [0.25, 0.3) is 0 Å². The van der Waals surface area contributed by atoms with Gasteiger partial charge in [-0.1, -0.05) is 6.58 Å². The zero-order valence-corrected chi connectivity index (χ0v) is 6.13. The molecule has 2 N–H and O–H groups in total. The lowest BCUT2D eigenvalue weighted by Crippen LogP contribution is -2.38. The van der Waals surface area contributed by atoms with Gasteiger partial charge >= 0.3 is 0 Å². The van der Waals surface area contributed by atoms with Crippen LogP contribution in [-0.4, -0.2) is 18.3 Å². The van der Waals surface area contributed by atoms with Crippen LogP contribution < -0.4 is 5.84 Å². The van der Waals surface area contributed by atoms with E-state index in [0.29, 0.717) is 13.3 Å². The monoisotopic (exact) mass is 140 g/mol. The molecular weight excluding hydrogens is 128 g/mol. The summed E-state index contributed by atoms with van der Waals surface area (Å²) in [6.07, 6.45) is 1.90. The fraction of sp³-hybridized carbons (Fsp3) is 0.429. The summed E-state index contributed by atoms with van der Waals surface area (Å²) in [6, 6.07) is 0. The zero-order valence-electron chi connectivity index (χ0n) is 6.13. The highest BCUT2D eigenvalue weighted by Crippen LogP contribution is 2.14. The van der Waals surface area contributed by atoms with Gasteiger partial charge in [-0.05, 0) is 13.0 Å². The van der Waals surface area contributed by atoms with Crippen molar-refractivity contribution in [2.75, 3.05) is 13.3 Å². The van der Waals surface area contributed by atoms with Gasteiger partial charge in [-0.2, -0.15) is 0 Å². The fourth-order valence-corrected chi connectivity index (χ4v) is 0.911. The normalized spacial score (nSPS) is 25.0. The molecule has 56 valence electrons. The number of ether oxygens (including phenoxy) is 1. The molecule has 0 atom stereocenters. The van der Waals surface area contributed by atoms with E-state index in [0.717, 1.165) is 11.3 Å². The van der Waals surface area contributed by atoms with Crippen LogP contribution >= 0.6 is 0 Å². The molecular formula is C7H12N2O. The summed E-state index contributed by atoms with van der Waals surface area (Å²) in [5.41, 5.74) is 0.941. The van der Waals surface area contributed by atoms with E-state index in [1.165, 1.54) is 0 Å². The Bertz CT molecular complexity index is 174. The van der Waals surface area contributed by atoms with Crippen molar-refractivity contribution in [3.63, 3.8) is 0 Å². The molecule has 1 saturated heterocycles. The van der Waals surface area contributed by atoms with Crippen LogP contribution in [0.15, 0.2) is 24.0 Å². The minimum absolute atomic E-state index is 0.457. The standard InChI is InChI=1S/C7H12N2O/c1-3-7-6(2)4-9(8)5-10-7/h3H,2,4-5,8H2,1H3/b7-3+. The highest BCUT2D eigenvalue weighted by atomic mass is 16.5. The number of nitrogens with zero attached hydrogens (tertiary/aromatic N) is 1. The molecule has 3 nitrogen and oxygen atoms in total. The van der Waals surface area contributed by atoms with Gasteiger partial charge < -0.3 is 4.74 Å². The van der Waals surface area contributed by atoms with Crippen molar-refractivity contribution < 1.29 is 4.74 Å². The van der Waals surface area contributed by atoms with Crippen molar-refractivity contribution in [1.29, 1.82) is 0 Å². The molecule has 0 bridgehead atoms. The number of nitrogens with two attached hydrogens (primary N) is 1. The zero-order chi connectivity index (χ0) is 7.56. The van der Waals surface area contributed by atoms with Crippen molar-refractivity contribution in [2.24, 2.45) is 5.84 Å². The minimum atomic E-state index is 0.457. The van der Waals surface area contributed by atoms with Crippen molar-refractivity contribution in [1.82, 2.24) is 5.01 Å². The maximum absolute atomic E-state index is 5.46. The van der Waals surface area contributed by atoms with E-state index in [1.807, 2.05) is 13.0 Å². The predicted octanol–water partition coefficient (Wildman–Crippen LogP) is 0.610. The summed E-state index contributed by atoms with van der Waals surface area (Å²) in [5, 5.41) is 1.58. The second-order valence-corrected chi connectivity index (χ2v) is 2.28. The van der Waals surface area contributed by atoms with Gasteiger partial charge in [0.1, 0.15) is 5.76 Å². The number of hydrogen-bond donors (Lipinski definition) is 1. The van der Waals surface area contributed by atoms with Gasteiger partial charge in [0.2, 0.25) is 0 Å². The Labute approximate surface area is 60.7 Å². The first-order valence-corrected chi connectivity index (χ1v) is 3.21. The molecule has 0 aromatic heterocycles. The summed E-state index contributed by atoms with van der Waals surface area (Å²) in [4.78, 5) is 0. The quantitative estimate of drug-likeness (QED) is 0.501. The van der Waals surface area contributed by atoms with Crippen LogP contribution in [-0.2, 0) is 4.74 Å². The fourth-order valence-electron chi connectivity index (χ4n) is 0.911. The second-order valence-electron chi connectivity index (χ2n) is 2.28. The molecule has 1 aliphatic rings.